The zero-order valence-electron chi connectivity index (χ0n) is 15.7. The summed E-state index contributed by atoms with van der Waals surface area (Å²) in [6.45, 7) is 4.12. The molecule has 5 heteroatoms. The van der Waals surface area contributed by atoms with Crippen LogP contribution in [-0.4, -0.2) is 23.0 Å². The Hall–Kier alpha value is -2.07. The lowest BCUT2D eigenvalue weighted by Crippen LogP contribution is -2.37. The fourth-order valence-electron chi connectivity index (χ4n) is 4.61. The lowest BCUT2D eigenvalue weighted by Gasteiger charge is -2.22. The van der Waals surface area contributed by atoms with Gasteiger partial charge in [0.05, 0.1) is 0 Å². The molecule has 0 aliphatic heterocycles. The van der Waals surface area contributed by atoms with E-state index in [1.807, 2.05) is 25.1 Å². The first-order chi connectivity index (χ1) is 13.0. The first kappa shape index (κ1) is 18.3. The van der Waals surface area contributed by atoms with Crippen LogP contribution in [0.15, 0.2) is 42.5 Å². The number of ether oxygens (including phenoxy) is 1. The van der Waals surface area contributed by atoms with Crippen molar-refractivity contribution in [3.63, 3.8) is 0 Å². The maximum absolute atomic E-state index is 12.5. The fourth-order valence-corrected chi connectivity index (χ4v) is 4.74. The number of fused-ring (bicyclic) bond motifs is 1. The zero-order chi connectivity index (χ0) is 19.0. The standard InChI is InChI=1S/C22H25ClN2O2/c1-3-19(25-22(26)14-7-9-15(23)10-8-14)21-17-11-16(12-18(17)21)27-20-6-4-5-13(2)24-20/h4-10,16-19,21H,3,11-12H2,1-2H3,(H,25,26). The van der Waals surface area contributed by atoms with Gasteiger partial charge in [-0.05, 0) is 74.3 Å². The number of halogens is 1. The summed E-state index contributed by atoms with van der Waals surface area (Å²) in [7, 11) is 0. The van der Waals surface area contributed by atoms with Gasteiger partial charge in [0.15, 0.2) is 0 Å². The highest BCUT2D eigenvalue weighted by Crippen LogP contribution is 2.60. The maximum Gasteiger partial charge on any atom is 0.251 e. The van der Waals surface area contributed by atoms with Crippen LogP contribution in [0.4, 0.5) is 0 Å². The Morgan fingerprint density at radius 1 is 1.22 bits per heavy atom. The van der Waals surface area contributed by atoms with E-state index in [1.165, 1.54) is 0 Å². The molecule has 0 saturated heterocycles. The first-order valence-corrected chi connectivity index (χ1v) is 10.1. The molecule has 4 nitrogen and oxygen atoms in total. The third-order valence-electron chi connectivity index (χ3n) is 5.95. The van der Waals surface area contributed by atoms with E-state index in [4.69, 9.17) is 16.3 Å². The highest BCUT2D eigenvalue weighted by Gasteiger charge is 2.59. The molecular formula is C22H25ClN2O2. The van der Waals surface area contributed by atoms with E-state index in [9.17, 15) is 4.79 Å². The van der Waals surface area contributed by atoms with Gasteiger partial charge in [-0.2, -0.15) is 0 Å². The van der Waals surface area contributed by atoms with Gasteiger partial charge >= 0.3 is 0 Å². The van der Waals surface area contributed by atoms with Crippen molar-refractivity contribution in [1.29, 1.82) is 0 Å². The van der Waals surface area contributed by atoms with Gasteiger partial charge in [-0.15, -0.1) is 0 Å². The number of hydrogen-bond acceptors (Lipinski definition) is 3. The summed E-state index contributed by atoms with van der Waals surface area (Å²) in [4.78, 5) is 17.0. The molecule has 0 radical (unpaired) electrons. The van der Waals surface area contributed by atoms with Gasteiger partial charge in [0, 0.05) is 28.4 Å². The Bertz CT molecular complexity index is 811. The molecule has 1 aromatic heterocycles. The fraction of sp³-hybridized carbons (Fsp3) is 0.455. The molecule has 2 fully saturated rings. The molecule has 1 amide bonds. The Kier molecular flexibility index (Phi) is 5.09. The van der Waals surface area contributed by atoms with Crippen LogP contribution in [-0.2, 0) is 0 Å². The molecule has 2 aliphatic rings. The van der Waals surface area contributed by atoms with Crippen LogP contribution in [0.5, 0.6) is 5.88 Å². The van der Waals surface area contributed by atoms with Crippen molar-refractivity contribution in [2.24, 2.45) is 17.8 Å². The first-order valence-electron chi connectivity index (χ1n) is 9.72. The van der Waals surface area contributed by atoms with E-state index >= 15 is 0 Å². The molecule has 3 unspecified atom stereocenters. The van der Waals surface area contributed by atoms with Crippen molar-refractivity contribution in [3.05, 3.63) is 58.7 Å². The predicted octanol–water partition coefficient (Wildman–Crippen LogP) is 4.66. The van der Waals surface area contributed by atoms with Crippen LogP contribution in [0, 0.1) is 24.7 Å². The second-order valence-corrected chi connectivity index (χ2v) is 8.17. The number of nitrogens with one attached hydrogen (secondary N) is 1. The topological polar surface area (TPSA) is 51.2 Å². The minimum Gasteiger partial charge on any atom is -0.474 e. The Morgan fingerprint density at radius 3 is 2.56 bits per heavy atom. The van der Waals surface area contributed by atoms with Crippen LogP contribution >= 0.6 is 11.6 Å². The minimum atomic E-state index is -0.0137. The number of amides is 1. The summed E-state index contributed by atoms with van der Waals surface area (Å²) in [5.74, 6) is 2.57. The molecule has 2 saturated carbocycles. The predicted molar refractivity (Wildman–Crippen MR) is 106 cm³/mol. The molecule has 2 aliphatic carbocycles. The van der Waals surface area contributed by atoms with E-state index < -0.39 is 0 Å². The molecule has 0 bridgehead atoms. The van der Waals surface area contributed by atoms with Crippen molar-refractivity contribution >= 4 is 17.5 Å². The van der Waals surface area contributed by atoms with Gasteiger partial charge < -0.3 is 10.1 Å². The lowest BCUT2D eigenvalue weighted by atomic mass is 10.00. The highest BCUT2D eigenvalue weighted by molar-refractivity contribution is 6.30. The van der Waals surface area contributed by atoms with Gasteiger partial charge in [0.1, 0.15) is 6.10 Å². The second kappa shape index (κ2) is 7.51. The molecular weight excluding hydrogens is 360 g/mol. The average Bonchev–Trinajstić information content (AvgIpc) is 3.14. The molecule has 1 aromatic carbocycles. The number of rotatable bonds is 6. The summed E-state index contributed by atoms with van der Waals surface area (Å²) < 4.78 is 6.07. The van der Waals surface area contributed by atoms with Crippen LogP contribution in [0.1, 0.15) is 42.2 Å². The summed E-state index contributed by atoms with van der Waals surface area (Å²) in [6, 6.07) is 13.2. The molecule has 3 atom stereocenters. The summed E-state index contributed by atoms with van der Waals surface area (Å²) in [5, 5.41) is 3.87. The zero-order valence-corrected chi connectivity index (χ0v) is 16.4. The quantitative estimate of drug-likeness (QED) is 0.788. The van der Waals surface area contributed by atoms with E-state index in [-0.39, 0.29) is 18.1 Å². The van der Waals surface area contributed by atoms with Crippen LogP contribution < -0.4 is 10.1 Å². The second-order valence-electron chi connectivity index (χ2n) is 7.73. The number of aromatic nitrogens is 1. The minimum absolute atomic E-state index is 0.0137. The Labute approximate surface area is 165 Å². The van der Waals surface area contributed by atoms with Gasteiger partial charge in [-0.1, -0.05) is 24.6 Å². The molecule has 27 heavy (non-hydrogen) atoms. The monoisotopic (exact) mass is 384 g/mol. The van der Waals surface area contributed by atoms with Crippen LogP contribution in [0.3, 0.4) is 0 Å². The van der Waals surface area contributed by atoms with Crippen molar-refractivity contribution in [1.82, 2.24) is 10.3 Å². The van der Waals surface area contributed by atoms with Crippen molar-refractivity contribution in [3.8, 4) is 5.88 Å². The van der Waals surface area contributed by atoms with Crippen LogP contribution in [0.2, 0.25) is 5.02 Å². The smallest absolute Gasteiger partial charge is 0.251 e. The van der Waals surface area contributed by atoms with Gasteiger partial charge in [-0.25, -0.2) is 4.98 Å². The maximum atomic E-state index is 12.5. The Morgan fingerprint density at radius 2 is 1.93 bits per heavy atom. The third-order valence-corrected chi connectivity index (χ3v) is 6.20. The van der Waals surface area contributed by atoms with Crippen molar-refractivity contribution in [2.45, 2.75) is 45.3 Å². The SMILES string of the molecule is CCC(NC(=O)c1ccc(Cl)cc1)C1C2CC(Oc3cccc(C)n3)CC21. The molecule has 142 valence electrons. The van der Waals surface area contributed by atoms with E-state index in [2.05, 4.69) is 17.2 Å². The largest absolute Gasteiger partial charge is 0.474 e. The lowest BCUT2D eigenvalue weighted by molar-refractivity contribution is 0.0924. The number of carbonyl (C=O) groups excluding carboxylic acids is 1. The summed E-state index contributed by atoms with van der Waals surface area (Å²) in [6.07, 6.45) is 3.30. The normalized spacial score (nSPS) is 26.9. The Balaban J connectivity index is 1.31. The summed E-state index contributed by atoms with van der Waals surface area (Å²) >= 11 is 5.91. The third kappa shape index (κ3) is 3.96. The number of benzene rings is 1. The van der Waals surface area contributed by atoms with Crippen LogP contribution in [0.25, 0.3) is 0 Å². The van der Waals surface area contributed by atoms with Crippen molar-refractivity contribution < 1.29 is 9.53 Å². The van der Waals surface area contributed by atoms with E-state index in [0.29, 0.717) is 28.3 Å². The van der Waals surface area contributed by atoms with Gasteiger partial charge in [0.25, 0.3) is 5.91 Å². The highest BCUT2D eigenvalue weighted by atomic mass is 35.5. The number of aryl methyl sites for hydroxylation is 1. The average molecular weight is 385 g/mol. The van der Waals surface area contributed by atoms with E-state index in [1.54, 1.807) is 24.3 Å². The molecule has 1 N–H and O–H groups in total. The molecule has 0 spiro atoms. The summed E-state index contributed by atoms with van der Waals surface area (Å²) in [5.41, 5.74) is 1.64. The molecule has 1 heterocycles. The number of nitrogens with zero attached hydrogens (tertiary/aromatic N) is 1. The molecule has 2 aromatic rings. The number of pyridine rings is 1. The number of hydrogen-bond donors (Lipinski definition) is 1. The van der Waals surface area contributed by atoms with Gasteiger partial charge in [0.2, 0.25) is 5.88 Å². The molecule has 4 rings (SSSR count). The number of carbonyl (C=O) groups is 1. The van der Waals surface area contributed by atoms with Gasteiger partial charge in [-0.3, -0.25) is 4.79 Å². The van der Waals surface area contributed by atoms with E-state index in [0.717, 1.165) is 30.8 Å². The van der Waals surface area contributed by atoms with Crippen molar-refractivity contribution in [2.75, 3.05) is 0 Å².